The highest BCUT2D eigenvalue weighted by molar-refractivity contribution is 3.91. The molecule has 0 fully saturated rings. The van der Waals surface area contributed by atoms with Crippen LogP contribution in [0.5, 0.6) is 0 Å². The van der Waals surface area contributed by atoms with Gasteiger partial charge >= 0.3 is 0 Å². The fourth-order valence-corrected chi connectivity index (χ4v) is 0. The Labute approximate surface area is 28.0 Å². The highest BCUT2D eigenvalue weighted by Crippen LogP contribution is 0.981. The van der Waals surface area contributed by atoms with Crippen LogP contribution in [0.25, 0.3) is 0 Å². The molecule has 0 aromatic rings. The zero-order valence-corrected chi connectivity index (χ0v) is 2.50. The van der Waals surface area contributed by atoms with Gasteiger partial charge in [0, 0.05) is 0 Å². The Morgan fingerprint density at radius 2 is 1.25 bits per heavy atom. The Morgan fingerprint density at radius 3 is 1.25 bits per heavy atom. The SMILES string of the molecule is C.CNC. The molecule has 0 aliphatic carbocycles. The minimum atomic E-state index is 0. The molecule has 1 N–H and O–H groups in total. The fourth-order valence-electron chi connectivity index (χ4n) is 0. The van der Waals surface area contributed by atoms with E-state index < -0.39 is 0 Å². The normalized spacial score (nSPS) is 4.50. The van der Waals surface area contributed by atoms with Crippen LogP contribution in [-0.2, 0) is 0 Å². The van der Waals surface area contributed by atoms with Gasteiger partial charge in [-0.1, -0.05) is 7.43 Å². The summed E-state index contributed by atoms with van der Waals surface area (Å²) in [6.07, 6.45) is 0. The van der Waals surface area contributed by atoms with Crippen molar-refractivity contribution in [3.8, 4) is 0 Å². The molecule has 28 valence electrons. The van der Waals surface area contributed by atoms with E-state index >= 15 is 0 Å². The van der Waals surface area contributed by atoms with E-state index in [4.69, 9.17) is 0 Å². The fraction of sp³-hybridized carbons (Fsp3) is 1.00. The van der Waals surface area contributed by atoms with Gasteiger partial charge in [0.05, 0.1) is 0 Å². The quantitative estimate of drug-likeness (QED) is 0.429. The lowest BCUT2D eigenvalue weighted by Gasteiger charge is -1.59. The molecule has 0 aliphatic rings. The summed E-state index contributed by atoms with van der Waals surface area (Å²) in [7, 11) is 3.75. The lowest BCUT2D eigenvalue weighted by molar-refractivity contribution is 1.02. The zero-order valence-electron chi connectivity index (χ0n) is 2.50. The average Bonchev–Trinajstić information content (AvgIpc) is 0.918. The van der Waals surface area contributed by atoms with Crippen molar-refractivity contribution in [2.45, 2.75) is 7.43 Å². The molecular weight excluding hydrogens is 50.0 g/mol. The molecular formula is C3H11N. The molecule has 0 radical (unpaired) electrons. The van der Waals surface area contributed by atoms with Crippen molar-refractivity contribution in [3.63, 3.8) is 0 Å². The van der Waals surface area contributed by atoms with Crippen LogP contribution in [-0.4, -0.2) is 14.1 Å². The molecule has 0 amide bonds. The molecule has 1 nitrogen and oxygen atoms in total. The molecule has 0 spiro atoms. The van der Waals surface area contributed by atoms with E-state index in [0.29, 0.717) is 0 Å². The van der Waals surface area contributed by atoms with Gasteiger partial charge in [0.25, 0.3) is 0 Å². The first-order chi connectivity index (χ1) is 1.41. The minimum Gasteiger partial charge on any atom is -0.323 e. The molecule has 0 heterocycles. The second kappa shape index (κ2) is 12.3. The first-order valence-corrected chi connectivity index (χ1v) is 1.00. The molecule has 4 heavy (non-hydrogen) atoms. The van der Waals surface area contributed by atoms with Crippen molar-refractivity contribution >= 4 is 0 Å². The zero-order chi connectivity index (χ0) is 2.71. The van der Waals surface area contributed by atoms with Crippen LogP contribution >= 0.6 is 0 Å². The molecule has 0 saturated heterocycles. The van der Waals surface area contributed by atoms with Gasteiger partial charge in [0.2, 0.25) is 0 Å². The maximum atomic E-state index is 2.75. The van der Waals surface area contributed by atoms with Gasteiger partial charge < -0.3 is 5.32 Å². The van der Waals surface area contributed by atoms with E-state index in [0.717, 1.165) is 0 Å². The Balaban J connectivity index is 0. The van der Waals surface area contributed by atoms with Gasteiger partial charge in [-0.05, 0) is 14.1 Å². The van der Waals surface area contributed by atoms with Crippen molar-refractivity contribution in [2.24, 2.45) is 0 Å². The van der Waals surface area contributed by atoms with Gasteiger partial charge in [-0.15, -0.1) is 0 Å². The first kappa shape index (κ1) is 9.03. The molecule has 0 rings (SSSR count). The van der Waals surface area contributed by atoms with E-state index in [-0.39, 0.29) is 7.43 Å². The Bertz CT molecular complexity index is 3.25. The summed E-state index contributed by atoms with van der Waals surface area (Å²) < 4.78 is 0. The van der Waals surface area contributed by atoms with Crippen LogP contribution in [0, 0.1) is 0 Å². The number of rotatable bonds is 0. The monoisotopic (exact) mass is 61.1 g/mol. The maximum absolute atomic E-state index is 2.75. The number of hydrogen-bond acceptors (Lipinski definition) is 1. The lowest BCUT2D eigenvalue weighted by atomic mass is 11.3. The summed E-state index contributed by atoms with van der Waals surface area (Å²) in [5.41, 5.74) is 0. The van der Waals surface area contributed by atoms with Crippen molar-refractivity contribution in [1.29, 1.82) is 0 Å². The summed E-state index contributed by atoms with van der Waals surface area (Å²) in [6.45, 7) is 0. The smallest absolute Gasteiger partial charge is 0.0167 e. The minimum absolute atomic E-state index is 0. The largest absolute Gasteiger partial charge is 0.323 e. The highest BCUT2D eigenvalue weighted by atomic mass is 14.7. The van der Waals surface area contributed by atoms with Gasteiger partial charge in [-0.2, -0.15) is 0 Å². The topological polar surface area (TPSA) is 12.0 Å². The van der Waals surface area contributed by atoms with E-state index in [1.165, 1.54) is 0 Å². The summed E-state index contributed by atoms with van der Waals surface area (Å²) in [4.78, 5) is 0. The summed E-state index contributed by atoms with van der Waals surface area (Å²) in [5, 5.41) is 2.75. The standard InChI is InChI=1S/C2H7N.CH4/c1-3-2;/h3H,1-2H3;1H4. The number of hydrogen-bond donors (Lipinski definition) is 1. The molecule has 0 aromatic carbocycles. The molecule has 1 heteroatoms. The van der Waals surface area contributed by atoms with E-state index in [2.05, 4.69) is 5.32 Å². The molecule has 0 saturated carbocycles. The van der Waals surface area contributed by atoms with Gasteiger partial charge in [-0.3, -0.25) is 0 Å². The van der Waals surface area contributed by atoms with Crippen LogP contribution in [0.2, 0.25) is 0 Å². The van der Waals surface area contributed by atoms with Crippen LogP contribution < -0.4 is 5.32 Å². The first-order valence-electron chi connectivity index (χ1n) is 1.00. The van der Waals surface area contributed by atoms with Crippen LogP contribution in [0.4, 0.5) is 0 Å². The van der Waals surface area contributed by atoms with Gasteiger partial charge in [-0.25, -0.2) is 0 Å². The molecule has 0 aromatic heterocycles. The third-order valence-electron chi connectivity index (χ3n) is 0. The van der Waals surface area contributed by atoms with Crippen LogP contribution in [0.3, 0.4) is 0 Å². The van der Waals surface area contributed by atoms with Crippen molar-refractivity contribution in [2.75, 3.05) is 14.1 Å². The average molecular weight is 61.1 g/mol. The summed E-state index contributed by atoms with van der Waals surface area (Å²) >= 11 is 0. The summed E-state index contributed by atoms with van der Waals surface area (Å²) in [5.74, 6) is 0. The second-order valence-corrected chi connectivity index (χ2v) is 0.500. The maximum Gasteiger partial charge on any atom is -0.0167 e. The van der Waals surface area contributed by atoms with Crippen LogP contribution in [0.15, 0.2) is 0 Å². The Hall–Kier alpha value is -0.0400. The van der Waals surface area contributed by atoms with Crippen LogP contribution in [0.1, 0.15) is 7.43 Å². The summed E-state index contributed by atoms with van der Waals surface area (Å²) in [6, 6.07) is 0. The molecule has 0 bridgehead atoms. The lowest BCUT2D eigenvalue weighted by Crippen LogP contribution is -1.89. The van der Waals surface area contributed by atoms with E-state index in [9.17, 15) is 0 Å². The van der Waals surface area contributed by atoms with Crippen molar-refractivity contribution < 1.29 is 0 Å². The van der Waals surface area contributed by atoms with Crippen molar-refractivity contribution in [3.05, 3.63) is 0 Å². The molecule has 0 atom stereocenters. The van der Waals surface area contributed by atoms with Gasteiger partial charge in [0.15, 0.2) is 0 Å². The number of nitrogens with one attached hydrogen (secondary N) is 1. The van der Waals surface area contributed by atoms with Gasteiger partial charge in [0.1, 0.15) is 0 Å². The van der Waals surface area contributed by atoms with E-state index in [1.807, 2.05) is 14.1 Å². The third-order valence-corrected chi connectivity index (χ3v) is 0. The highest BCUT2D eigenvalue weighted by Gasteiger charge is 1.25. The molecule has 0 unspecified atom stereocenters. The van der Waals surface area contributed by atoms with Crippen molar-refractivity contribution in [1.82, 2.24) is 5.32 Å². The predicted molar refractivity (Wildman–Crippen MR) is 21.7 cm³/mol. The molecule has 0 aliphatic heterocycles. The Kier molecular flexibility index (Phi) is 27.9. The third kappa shape index (κ3) is 1130. The second-order valence-electron chi connectivity index (χ2n) is 0.500. The Morgan fingerprint density at radius 1 is 1.25 bits per heavy atom. The van der Waals surface area contributed by atoms with E-state index in [1.54, 1.807) is 0 Å². The predicted octanol–water partition coefficient (Wildman–Crippen LogP) is 0.472.